The van der Waals surface area contributed by atoms with Crippen LogP contribution in [0.5, 0.6) is 0 Å². The van der Waals surface area contributed by atoms with Crippen molar-refractivity contribution in [3.63, 3.8) is 0 Å². The molecule has 9 heteroatoms. The average Bonchev–Trinajstić information content (AvgIpc) is 2.90. The normalized spacial score (nSPS) is 20.0. The van der Waals surface area contributed by atoms with E-state index in [0.717, 1.165) is 0 Å². The Kier molecular flexibility index (Phi) is 6.19. The fraction of sp³-hybridized carbons (Fsp3) is 0.471. The molecule has 0 radical (unpaired) electrons. The van der Waals surface area contributed by atoms with E-state index < -0.39 is 30.5 Å². The van der Waals surface area contributed by atoms with E-state index in [-0.39, 0.29) is 25.4 Å². The number of para-hydroxylation sites is 1. The van der Waals surface area contributed by atoms with E-state index in [1.807, 2.05) is 0 Å². The van der Waals surface area contributed by atoms with Crippen LogP contribution >= 0.6 is 7.60 Å². The Labute approximate surface area is 152 Å². The van der Waals surface area contributed by atoms with Crippen LogP contribution in [0.15, 0.2) is 24.3 Å². The van der Waals surface area contributed by atoms with E-state index in [4.69, 9.17) is 13.8 Å². The Morgan fingerprint density at radius 1 is 1.23 bits per heavy atom. The van der Waals surface area contributed by atoms with Crippen molar-refractivity contribution in [2.24, 2.45) is 5.92 Å². The summed E-state index contributed by atoms with van der Waals surface area (Å²) in [5, 5.41) is 10.2. The van der Waals surface area contributed by atoms with Crippen LogP contribution in [0.25, 0.3) is 0 Å². The third kappa shape index (κ3) is 2.92. The monoisotopic (exact) mass is 380 g/mol. The van der Waals surface area contributed by atoms with Gasteiger partial charge in [-0.3, -0.25) is 14.2 Å². The Morgan fingerprint density at radius 3 is 2.38 bits per heavy atom. The van der Waals surface area contributed by atoms with E-state index >= 15 is 0 Å². The number of nitrogens with one attached hydrogen (secondary N) is 1. The van der Waals surface area contributed by atoms with Gasteiger partial charge in [0.15, 0.2) is 5.92 Å². The number of nitriles is 1. The maximum absolute atomic E-state index is 13.8. The molecule has 2 rings (SSSR count). The third-order valence-electron chi connectivity index (χ3n) is 4.03. The number of benzene rings is 1. The molecule has 0 aromatic heterocycles. The zero-order valence-corrected chi connectivity index (χ0v) is 15.7. The molecule has 1 heterocycles. The maximum Gasteiger partial charge on any atom is 0.352 e. The van der Waals surface area contributed by atoms with Gasteiger partial charge < -0.3 is 19.1 Å². The number of nitrogens with zero attached hydrogens (tertiary/aromatic N) is 1. The van der Waals surface area contributed by atoms with Crippen LogP contribution in [0.2, 0.25) is 0 Å². The van der Waals surface area contributed by atoms with Crippen molar-refractivity contribution in [1.29, 1.82) is 5.26 Å². The minimum atomic E-state index is -4.27. The second kappa shape index (κ2) is 8.00. The summed E-state index contributed by atoms with van der Waals surface area (Å²) in [5.74, 6) is -3.44. The van der Waals surface area contributed by atoms with E-state index in [1.165, 1.54) is 6.07 Å². The average molecular weight is 380 g/mol. The Hall–Kier alpha value is -2.20. The number of hydrogen-bond acceptors (Lipinski definition) is 7. The van der Waals surface area contributed by atoms with Crippen LogP contribution in [-0.4, -0.2) is 31.7 Å². The summed E-state index contributed by atoms with van der Waals surface area (Å²) in [6.45, 7) is 4.69. The molecule has 1 N–H and O–H groups in total. The lowest BCUT2D eigenvalue weighted by Gasteiger charge is -2.36. The lowest BCUT2D eigenvalue weighted by Crippen LogP contribution is -2.46. The maximum atomic E-state index is 13.8. The highest BCUT2D eigenvalue weighted by molar-refractivity contribution is 7.56. The molecule has 1 aliphatic rings. The van der Waals surface area contributed by atoms with Gasteiger partial charge in [0.2, 0.25) is 11.1 Å². The van der Waals surface area contributed by atoms with Crippen molar-refractivity contribution >= 4 is 25.2 Å². The van der Waals surface area contributed by atoms with Crippen molar-refractivity contribution in [2.75, 3.05) is 25.1 Å². The van der Waals surface area contributed by atoms with Crippen LogP contribution in [0.4, 0.5) is 5.69 Å². The lowest BCUT2D eigenvalue weighted by atomic mass is 9.86. The van der Waals surface area contributed by atoms with Gasteiger partial charge in [-0.1, -0.05) is 18.2 Å². The standard InChI is InChI=1S/C17H21N2O6P/c1-4-23-15(20)13(11-18)17(26(22,24-5-2)25-6-3)12-9-7-8-10-14(12)19-16(17)21/h7-10,13H,4-6H2,1-3H3,(H,19,21). The molecule has 2 atom stereocenters. The molecule has 1 aromatic rings. The number of esters is 1. The molecule has 1 aliphatic heterocycles. The summed E-state index contributed by atoms with van der Waals surface area (Å²) in [6, 6.07) is 8.21. The van der Waals surface area contributed by atoms with Crippen molar-refractivity contribution in [1.82, 2.24) is 0 Å². The molecule has 1 amide bonds. The number of anilines is 1. The number of carbonyl (C=O) groups excluding carboxylic acids is 2. The van der Waals surface area contributed by atoms with Crippen LogP contribution < -0.4 is 5.32 Å². The van der Waals surface area contributed by atoms with Gasteiger partial charge in [0.05, 0.1) is 25.9 Å². The van der Waals surface area contributed by atoms with Gasteiger partial charge in [-0.15, -0.1) is 0 Å². The molecule has 0 saturated heterocycles. The highest BCUT2D eigenvalue weighted by Gasteiger charge is 2.69. The molecular weight excluding hydrogens is 359 g/mol. The summed E-state index contributed by atoms with van der Waals surface area (Å²) >= 11 is 0. The Balaban J connectivity index is 2.83. The highest BCUT2D eigenvalue weighted by Crippen LogP contribution is 2.71. The first kappa shape index (κ1) is 20.1. The third-order valence-corrected chi connectivity index (χ3v) is 6.79. The van der Waals surface area contributed by atoms with Crippen molar-refractivity contribution in [2.45, 2.75) is 25.9 Å². The number of fused-ring (bicyclic) bond motifs is 1. The molecule has 0 fully saturated rings. The smallest absolute Gasteiger partial charge is 0.352 e. The second-order valence-electron chi connectivity index (χ2n) is 5.41. The van der Waals surface area contributed by atoms with Gasteiger partial charge in [0, 0.05) is 11.3 Å². The van der Waals surface area contributed by atoms with E-state index in [1.54, 1.807) is 45.0 Å². The molecule has 140 valence electrons. The SMILES string of the molecule is CCOC(=O)C(C#N)C1(P(=O)(OCC)OCC)C(=O)Nc2ccccc21. The number of rotatable bonds is 8. The van der Waals surface area contributed by atoms with E-state index in [0.29, 0.717) is 5.69 Å². The summed E-state index contributed by atoms with van der Waals surface area (Å²) in [5.41, 5.74) is 0.566. The number of hydrogen-bond donors (Lipinski definition) is 1. The minimum Gasteiger partial charge on any atom is -0.465 e. The minimum absolute atomic E-state index is 0.00390. The van der Waals surface area contributed by atoms with Gasteiger partial charge in [0.1, 0.15) is 0 Å². The van der Waals surface area contributed by atoms with Gasteiger partial charge in [-0.25, -0.2) is 0 Å². The summed E-state index contributed by atoms with van der Waals surface area (Å²) in [7, 11) is -4.27. The Bertz CT molecular complexity index is 780. The molecule has 0 saturated carbocycles. The molecule has 26 heavy (non-hydrogen) atoms. The first-order chi connectivity index (χ1) is 12.4. The van der Waals surface area contributed by atoms with Gasteiger partial charge in [-0.05, 0) is 26.8 Å². The molecule has 0 aliphatic carbocycles. The summed E-state index contributed by atoms with van der Waals surface area (Å²) in [4.78, 5) is 25.6. The number of ether oxygens (including phenoxy) is 1. The first-order valence-electron chi connectivity index (χ1n) is 8.29. The van der Waals surface area contributed by atoms with Gasteiger partial charge in [0.25, 0.3) is 0 Å². The molecular formula is C17H21N2O6P. The van der Waals surface area contributed by atoms with Crippen molar-refractivity contribution in [3.8, 4) is 6.07 Å². The molecule has 0 bridgehead atoms. The number of amides is 1. The zero-order valence-electron chi connectivity index (χ0n) is 14.9. The van der Waals surface area contributed by atoms with E-state index in [9.17, 15) is 19.4 Å². The predicted octanol–water partition coefficient (Wildman–Crippen LogP) is 2.80. The van der Waals surface area contributed by atoms with Crippen LogP contribution in [-0.2, 0) is 33.1 Å². The van der Waals surface area contributed by atoms with Gasteiger partial charge >= 0.3 is 13.6 Å². The second-order valence-corrected chi connectivity index (χ2v) is 7.63. The summed E-state index contributed by atoms with van der Waals surface area (Å²) < 4.78 is 29.5. The molecule has 8 nitrogen and oxygen atoms in total. The lowest BCUT2D eigenvalue weighted by molar-refractivity contribution is -0.149. The largest absolute Gasteiger partial charge is 0.465 e. The molecule has 0 spiro atoms. The van der Waals surface area contributed by atoms with Crippen LogP contribution in [0.1, 0.15) is 26.3 Å². The Morgan fingerprint density at radius 2 is 1.85 bits per heavy atom. The first-order valence-corrected chi connectivity index (χ1v) is 9.83. The topological polar surface area (TPSA) is 115 Å². The summed E-state index contributed by atoms with van der Waals surface area (Å²) in [6.07, 6.45) is 0. The quantitative estimate of drug-likeness (QED) is 0.545. The predicted molar refractivity (Wildman–Crippen MR) is 93.3 cm³/mol. The fourth-order valence-corrected chi connectivity index (χ4v) is 5.54. The molecule has 1 aromatic carbocycles. The van der Waals surface area contributed by atoms with Crippen LogP contribution in [0, 0.1) is 17.2 Å². The zero-order chi connectivity index (χ0) is 19.4. The van der Waals surface area contributed by atoms with Gasteiger partial charge in [-0.2, -0.15) is 5.26 Å². The molecule has 2 unspecified atom stereocenters. The fourth-order valence-electron chi connectivity index (χ4n) is 3.10. The van der Waals surface area contributed by atoms with E-state index in [2.05, 4.69) is 5.32 Å². The highest BCUT2D eigenvalue weighted by atomic mass is 31.2. The van der Waals surface area contributed by atoms with Crippen LogP contribution in [0.3, 0.4) is 0 Å². The van der Waals surface area contributed by atoms with Crippen molar-refractivity contribution in [3.05, 3.63) is 29.8 Å². The van der Waals surface area contributed by atoms with Crippen molar-refractivity contribution < 1.29 is 27.9 Å². The number of carbonyl (C=O) groups is 2.